The van der Waals surface area contributed by atoms with E-state index in [1.54, 1.807) is 49.8 Å². The van der Waals surface area contributed by atoms with Crippen LogP contribution in [-0.2, 0) is 13.1 Å². The lowest BCUT2D eigenvalue weighted by molar-refractivity contribution is 0.0607. The van der Waals surface area contributed by atoms with Gasteiger partial charge in [0.05, 0.1) is 33.8 Å². The molecule has 0 unspecified atom stereocenters. The maximum atomic E-state index is 14.2. The Kier molecular flexibility index (Phi) is 18.6. The van der Waals surface area contributed by atoms with E-state index in [1.165, 1.54) is 12.1 Å². The maximum absolute atomic E-state index is 14.2. The Morgan fingerprint density at radius 3 is 1.59 bits per heavy atom. The summed E-state index contributed by atoms with van der Waals surface area (Å²) >= 11 is 24.8. The summed E-state index contributed by atoms with van der Waals surface area (Å²) < 4.78 is 28.4. The van der Waals surface area contributed by atoms with Gasteiger partial charge in [0, 0.05) is 105 Å². The average Bonchev–Trinajstić information content (AvgIpc) is 3.33. The van der Waals surface area contributed by atoms with Crippen molar-refractivity contribution in [2.45, 2.75) is 89.6 Å². The van der Waals surface area contributed by atoms with Crippen LogP contribution < -0.4 is 26.3 Å². The second-order valence-corrected chi connectivity index (χ2v) is 19.7. The van der Waals surface area contributed by atoms with E-state index in [1.807, 2.05) is 6.07 Å². The molecule has 13 nitrogen and oxygen atoms in total. The second-order valence-electron chi connectivity index (χ2n) is 18.0. The minimum atomic E-state index is -0.230. The van der Waals surface area contributed by atoms with Gasteiger partial charge in [-0.2, -0.15) is 11.5 Å². The number of benzene rings is 2. The van der Waals surface area contributed by atoms with Crippen molar-refractivity contribution in [1.82, 2.24) is 35.0 Å². The van der Waals surface area contributed by atoms with Gasteiger partial charge >= 0.3 is 0 Å². The molecule has 6 heterocycles. The number of anilines is 4. The summed E-state index contributed by atoms with van der Waals surface area (Å²) in [5.74, 6) is 1.50. The van der Waals surface area contributed by atoms with Crippen LogP contribution in [-0.4, -0.2) is 132 Å². The van der Waals surface area contributed by atoms with Crippen molar-refractivity contribution in [1.29, 1.82) is 0 Å². The summed E-state index contributed by atoms with van der Waals surface area (Å²) in [4.78, 5) is 30.8. The molecule has 2 aromatic heterocycles. The maximum Gasteiger partial charge on any atom is 0.266 e. The number of nitrogens with zero attached hydrogens (tertiary/aromatic N) is 10. The largest absolute Gasteiger partial charge is 0.397 e. The molecule has 2 aromatic carbocycles. The zero-order chi connectivity index (χ0) is 48.3. The number of aliphatic imine (C=N–C) groups is 1. The van der Waals surface area contributed by atoms with Gasteiger partial charge in [0.1, 0.15) is 23.3 Å². The van der Waals surface area contributed by atoms with Crippen molar-refractivity contribution in [2.24, 2.45) is 4.99 Å². The van der Waals surface area contributed by atoms with Crippen LogP contribution >= 0.6 is 46.4 Å². The Hall–Kier alpha value is -4.24. The number of hydrogen-bond acceptors (Lipinski definition) is 10. The molecule has 4 aliphatic rings. The number of aromatic nitrogens is 2. The van der Waals surface area contributed by atoms with Gasteiger partial charge in [0.25, 0.3) is 5.96 Å². The molecule has 8 rings (SSSR count). The van der Waals surface area contributed by atoms with Crippen molar-refractivity contribution in [3.8, 4) is 0 Å². The number of likely N-dealkylation sites (tertiary alicyclic amines) is 2. The Bertz CT molecular complexity index is 2370. The third-order valence-electron chi connectivity index (χ3n) is 13.8. The molecule has 4 saturated heterocycles. The first-order valence-corrected chi connectivity index (χ1v) is 25.1. The number of halogens is 6. The van der Waals surface area contributed by atoms with Crippen LogP contribution in [0, 0.1) is 18.2 Å². The van der Waals surface area contributed by atoms with Gasteiger partial charge in [0.2, 0.25) is 0 Å². The molecule has 68 heavy (non-hydrogen) atoms. The first kappa shape index (κ1) is 51.6. The summed E-state index contributed by atoms with van der Waals surface area (Å²) in [6, 6.07) is 15.5. The fourth-order valence-electron chi connectivity index (χ4n) is 10.1. The van der Waals surface area contributed by atoms with Gasteiger partial charge in [-0.3, -0.25) is 24.6 Å². The Morgan fingerprint density at radius 1 is 0.706 bits per heavy atom. The minimum absolute atomic E-state index is 0.216. The monoisotopic (exact) mass is 1010 g/mol. The fraction of sp³-hybridized carbons (Fsp3) is 0.510. The summed E-state index contributed by atoms with van der Waals surface area (Å²) in [6.07, 6.45) is 9.87. The van der Waals surface area contributed by atoms with Crippen LogP contribution in [0.2, 0.25) is 20.1 Å². The number of nitrogens with one attached hydrogen (secondary N) is 2. The Balaban J connectivity index is 0.000000204. The number of rotatable bonds is 11. The molecule has 4 aromatic rings. The number of hydrogen-bond donors (Lipinski definition) is 3. The van der Waals surface area contributed by atoms with Crippen LogP contribution in [0.15, 0.2) is 65.9 Å². The topological polar surface area (TPSA) is 112 Å². The smallest absolute Gasteiger partial charge is 0.266 e. The van der Waals surface area contributed by atoms with Crippen LogP contribution in [0.1, 0.15) is 63.5 Å². The minimum Gasteiger partial charge on any atom is -0.397 e. The van der Waals surface area contributed by atoms with Gasteiger partial charge < -0.3 is 20.9 Å². The Morgan fingerprint density at radius 2 is 1.18 bits per heavy atom. The van der Waals surface area contributed by atoms with E-state index in [2.05, 4.69) is 73.9 Å². The fourth-order valence-corrected chi connectivity index (χ4v) is 11.0. The quantitative estimate of drug-likeness (QED) is 0.0579. The molecule has 0 aliphatic carbocycles. The van der Waals surface area contributed by atoms with Gasteiger partial charge in [0.15, 0.2) is 0 Å². The van der Waals surface area contributed by atoms with Gasteiger partial charge in [-0.25, -0.2) is 18.7 Å². The molecule has 4 aliphatic heterocycles. The summed E-state index contributed by atoms with van der Waals surface area (Å²) in [5, 5.41) is 5.07. The Labute approximate surface area is 420 Å². The lowest BCUT2D eigenvalue weighted by atomic mass is 9.97. The van der Waals surface area contributed by atoms with Crippen molar-refractivity contribution in [2.75, 3.05) is 93.3 Å². The van der Waals surface area contributed by atoms with Gasteiger partial charge in [-0.15, -0.1) is 0 Å². The SMILES string of the molecule is CC[C@H]1CN(c2ncc(N)cc2Cl)CCN1C1CCN(Cc2ccc(Cl)cc2F)CC1.[C-]#[N+]NC(=NC)Nc1cnc(N2CCN(C3CCN(Cc4ccc(Cl)cc4F)CC3)[C@@H](CC)C2)c(Cl)c1. The molecule has 19 heteroatoms. The van der Waals surface area contributed by atoms with E-state index in [0.717, 1.165) is 121 Å². The van der Waals surface area contributed by atoms with Crippen LogP contribution in [0.5, 0.6) is 0 Å². The third-order valence-corrected chi connectivity index (χ3v) is 14.8. The van der Waals surface area contributed by atoms with E-state index in [0.29, 0.717) is 80.2 Å². The summed E-state index contributed by atoms with van der Waals surface area (Å²) in [7, 11) is 1.59. The molecule has 2 atom stereocenters. The highest BCUT2D eigenvalue weighted by Crippen LogP contribution is 2.33. The van der Waals surface area contributed by atoms with E-state index in [4.69, 9.17) is 58.7 Å². The predicted octanol–water partition coefficient (Wildman–Crippen LogP) is 9.59. The molecule has 4 N–H and O–H groups in total. The number of guanidine groups is 1. The average molecular weight is 1010 g/mol. The van der Waals surface area contributed by atoms with Crippen molar-refractivity contribution in [3.63, 3.8) is 0 Å². The molecule has 366 valence electrons. The summed E-state index contributed by atoms with van der Waals surface area (Å²) in [6.45, 7) is 22.0. The van der Waals surface area contributed by atoms with Crippen molar-refractivity contribution < 1.29 is 8.78 Å². The van der Waals surface area contributed by atoms with E-state index < -0.39 is 0 Å². The highest BCUT2D eigenvalue weighted by atomic mass is 35.5. The van der Waals surface area contributed by atoms with Gasteiger partial charge in [-0.05, 0) is 101 Å². The highest BCUT2D eigenvalue weighted by Gasteiger charge is 2.36. The van der Waals surface area contributed by atoms with Gasteiger partial charge in [-0.1, -0.05) is 77.8 Å². The zero-order valence-corrected chi connectivity index (χ0v) is 42.2. The molecule has 4 fully saturated rings. The number of piperidine rings is 2. The van der Waals surface area contributed by atoms with E-state index in [-0.39, 0.29) is 11.6 Å². The molecular formula is C49H63Cl4F2N13. The van der Waals surface area contributed by atoms with Crippen molar-refractivity contribution >= 4 is 75.4 Å². The van der Waals surface area contributed by atoms with Crippen LogP contribution in [0.25, 0.3) is 4.95 Å². The molecule has 0 amide bonds. The first-order valence-electron chi connectivity index (χ1n) is 23.6. The van der Waals surface area contributed by atoms with E-state index >= 15 is 0 Å². The number of piperazine rings is 2. The standard InChI is InChI=1S/C26H33Cl2FN8.C23H30Cl2FN5/c1-4-21-17-36(25-23(28)14-20(15-32-25)33-26(30-2)34-31-3)11-12-37(21)22-7-9-35(10-8-22)16-18-5-6-19(27)13-24(18)29;1-2-19-15-30(23-21(25)12-18(27)13-28-23)9-10-31(19)20-5-7-29(8-6-20)14-16-3-4-17(24)11-22(16)26/h5-6,13-15,21-22H,4,7-12,16-17H2,1-2H3,(H2,30,33,34);3-4,11-13,19-20H,2,5-10,14-15,27H2,1H3/t21-;19-/m00/s1. The molecular weight excluding hydrogens is 950 g/mol. The summed E-state index contributed by atoms with van der Waals surface area (Å²) in [5.41, 5.74) is 10.9. The van der Waals surface area contributed by atoms with Crippen LogP contribution in [0.4, 0.5) is 31.8 Å². The number of nitrogen functional groups attached to an aromatic ring is 1. The number of nitrogens with two attached hydrogens (primary N) is 1. The van der Waals surface area contributed by atoms with Crippen molar-refractivity contribution in [3.05, 3.63) is 115 Å². The second kappa shape index (κ2) is 24.5. The lowest BCUT2D eigenvalue weighted by Gasteiger charge is -2.47. The molecule has 0 spiro atoms. The molecule has 0 radical (unpaired) electrons. The highest BCUT2D eigenvalue weighted by molar-refractivity contribution is 6.33. The van der Waals surface area contributed by atoms with Crippen LogP contribution in [0.3, 0.4) is 0 Å². The normalized spacial score (nSPS) is 20.7. The first-order chi connectivity index (χ1) is 32.8. The van der Waals surface area contributed by atoms with E-state index in [9.17, 15) is 8.78 Å². The zero-order valence-electron chi connectivity index (χ0n) is 39.1. The lowest BCUT2D eigenvalue weighted by Crippen LogP contribution is -2.58. The number of pyridine rings is 2. The third kappa shape index (κ3) is 13.3. The molecule has 0 saturated carbocycles. The predicted molar refractivity (Wildman–Crippen MR) is 275 cm³/mol. The molecule has 0 bridgehead atoms.